The van der Waals surface area contributed by atoms with Crippen molar-refractivity contribution in [3.05, 3.63) is 28.8 Å². The fourth-order valence-corrected chi connectivity index (χ4v) is 2.86. The van der Waals surface area contributed by atoms with Gasteiger partial charge < -0.3 is 15.7 Å². The normalized spacial score (nSPS) is 17.0. The summed E-state index contributed by atoms with van der Waals surface area (Å²) in [6.45, 7) is 2.02. The number of nitrogens with one attached hydrogen (secondary N) is 2. The van der Waals surface area contributed by atoms with Crippen molar-refractivity contribution in [1.82, 2.24) is 5.32 Å². The summed E-state index contributed by atoms with van der Waals surface area (Å²) in [5.74, 6) is -1.13. The van der Waals surface area contributed by atoms with Gasteiger partial charge in [0, 0.05) is 10.6 Å². The van der Waals surface area contributed by atoms with Crippen molar-refractivity contribution in [3.63, 3.8) is 0 Å². The highest BCUT2D eigenvalue weighted by Crippen LogP contribution is 2.28. The number of carboxylic acid groups (broad SMARTS) is 1. The predicted octanol–water partition coefficient (Wildman–Crippen LogP) is 3.88. The highest BCUT2D eigenvalue weighted by Gasteiger charge is 2.28. The molecule has 3 N–H and O–H groups in total. The van der Waals surface area contributed by atoms with Crippen molar-refractivity contribution in [2.24, 2.45) is 0 Å². The Labute approximate surface area is 128 Å². The second-order valence-electron chi connectivity index (χ2n) is 5.70. The maximum atomic E-state index is 12.1. The van der Waals surface area contributed by atoms with Gasteiger partial charge in [-0.15, -0.1) is 0 Å². The number of hydrogen-bond acceptors (Lipinski definition) is 2. The smallest absolute Gasteiger partial charge is 0.337 e. The van der Waals surface area contributed by atoms with Crippen molar-refractivity contribution in [2.45, 2.75) is 44.6 Å². The van der Waals surface area contributed by atoms with Crippen LogP contribution >= 0.6 is 11.6 Å². The molecule has 0 spiro atoms. The molecule has 0 saturated heterocycles. The summed E-state index contributed by atoms with van der Waals surface area (Å²) >= 11 is 5.78. The molecule has 0 unspecified atom stereocenters. The van der Waals surface area contributed by atoms with Crippen LogP contribution < -0.4 is 10.6 Å². The first kappa shape index (κ1) is 15.6. The van der Waals surface area contributed by atoms with E-state index in [4.69, 9.17) is 16.7 Å². The largest absolute Gasteiger partial charge is 0.478 e. The van der Waals surface area contributed by atoms with E-state index in [2.05, 4.69) is 10.6 Å². The van der Waals surface area contributed by atoms with Crippen molar-refractivity contribution < 1.29 is 14.7 Å². The molecular weight excluding hydrogens is 292 g/mol. The van der Waals surface area contributed by atoms with Gasteiger partial charge in [-0.3, -0.25) is 0 Å². The topological polar surface area (TPSA) is 78.4 Å². The number of carbonyl (C=O) groups excluding carboxylic acids is 1. The lowest BCUT2D eigenvalue weighted by Crippen LogP contribution is -2.49. The zero-order valence-electron chi connectivity index (χ0n) is 11.9. The maximum Gasteiger partial charge on any atom is 0.337 e. The number of benzene rings is 1. The third kappa shape index (κ3) is 4.11. The van der Waals surface area contributed by atoms with Gasteiger partial charge >= 0.3 is 12.0 Å². The second kappa shape index (κ2) is 6.35. The first-order valence-electron chi connectivity index (χ1n) is 7.02. The van der Waals surface area contributed by atoms with E-state index in [0.29, 0.717) is 5.02 Å². The van der Waals surface area contributed by atoms with Gasteiger partial charge in [-0.25, -0.2) is 9.59 Å². The van der Waals surface area contributed by atoms with Crippen LogP contribution in [0.1, 0.15) is 49.4 Å². The van der Waals surface area contributed by atoms with Crippen LogP contribution in [0.15, 0.2) is 18.2 Å². The molecule has 0 heterocycles. The molecule has 1 aromatic rings. The fraction of sp³-hybridized carbons (Fsp3) is 0.467. The van der Waals surface area contributed by atoms with Crippen LogP contribution in [0.2, 0.25) is 5.02 Å². The van der Waals surface area contributed by atoms with Gasteiger partial charge in [0.15, 0.2) is 0 Å². The summed E-state index contributed by atoms with van der Waals surface area (Å²) in [7, 11) is 0. The molecule has 0 aliphatic heterocycles. The molecule has 2 rings (SSSR count). The van der Waals surface area contributed by atoms with Crippen molar-refractivity contribution in [2.75, 3.05) is 5.32 Å². The Balaban J connectivity index is 2.07. The molecule has 0 bridgehead atoms. The lowest BCUT2D eigenvalue weighted by atomic mass is 9.83. The molecule has 2 amide bonds. The number of halogens is 1. The predicted molar refractivity (Wildman–Crippen MR) is 82.1 cm³/mol. The zero-order chi connectivity index (χ0) is 15.5. The van der Waals surface area contributed by atoms with Gasteiger partial charge in [0.2, 0.25) is 0 Å². The third-order valence-electron chi connectivity index (χ3n) is 3.83. The van der Waals surface area contributed by atoms with Gasteiger partial charge in [-0.05, 0) is 38.0 Å². The Morgan fingerprint density at radius 2 is 1.90 bits per heavy atom. The Hall–Kier alpha value is -1.75. The summed E-state index contributed by atoms with van der Waals surface area (Å²) in [6, 6.07) is 3.98. The monoisotopic (exact) mass is 310 g/mol. The molecule has 1 aliphatic carbocycles. The minimum atomic E-state index is -1.13. The summed E-state index contributed by atoms with van der Waals surface area (Å²) in [4.78, 5) is 23.3. The number of amides is 2. The van der Waals surface area contributed by atoms with E-state index in [-0.39, 0.29) is 22.8 Å². The van der Waals surface area contributed by atoms with E-state index in [1.54, 1.807) is 6.07 Å². The molecule has 21 heavy (non-hydrogen) atoms. The molecular formula is C15H19ClN2O3. The van der Waals surface area contributed by atoms with Crippen LogP contribution in [-0.4, -0.2) is 22.6 Å². The maximum absolute atomic E-state index is 12.1. The number of aromatic carboxylic acids is 1. The number of urea groups is 1. The molecule has 1 fully saturated rings. The minimum absolute atomic E-state index is 0.0218. The lowest BCUT2D eigenvalue weighted by Gasteiger charge is -2.34. The molecule has 114 valence electrons. The van der Waals surface area contributed by atoms with Crippen molar-refractivity contribution in [1.29, 1.82) is 0 Å². The summed E-state index contributed by atoms with van der Waals surface area (Å²) < 4.78 is 0. The molecule has 5 nitrogen and oxygen atoms in total. The van der Waals surface area contributed by atoms with E-state index in [1.807, 2.05) is 6.92 Å². The number of carboxylic acids is 1. The third-order valence-corrected chi connectivity index (χ3v) is 4.07. The van der Waals surface area contributed by atoms with Gasteiger partial charge in [-0.2, -0.15) is 0 Å². The van der Waals surface area contributed by atoms with Crippen LogP contribution in [0.5, 0.6) is 0 Å². The Morgan fingerprint density at radius 3 is 2.52 bits per heavy atom. The first-order chi connectivity index (χ1) is 9.89. The van der Waals surface area contributed by atoms with Gasteiger partial charge in [0.25, 0.3) is 0 Å². The van der Waals surface area contributed by atoms with E-state index < -0.39 is 5.97 Å². The lowest BCUT2D eigenvalue weighted by molar-refractivity contribution is 0.0698. The van der Waals surface area contributed by atoms with Crippen LogP contribution in [0.25, 0.3) is 0 Å². The average molecular weight is 311 g/mol. The Morgan fingerprint density at radius 1 is 1.24 bits per heavy atom. The molecule has 1 aliphatic rings. The molecule has 1 saturated carbocycles. The van der Waals surface area contributed by atoms with Crippen LogP contribution in [0.3, 0.4) is 0 Å². The zero-order valence-corrected chi connectivity index (χ0v) is 12.7. The molecule has 6 heteroatoms. The van der Waals surface area contributed by atoms with E-state index in [9.17, 15) is 9.59 Å². The summed E-state index contributed by atoms with van der Waals surface area (Å²) in [5.41, 5.74) is -0.00623. The van der Waals surface area contributed by atoms with Crippen LogP contribution in [-0.2, 0) is 0 Å². The minimum Gasteiger partial charge on any atom is -0.478 e. The summed E-state index contributed by atoms with van der Waals surface area (Å²) in [6.07, 6.45) is 5.26. The number of carbonyl (C=O) groups is 2. The Kier molecular flexibility index (Phi) is 4.73. The van der Waals surface area contributed by atoms with E-state index in [1.165, 1.54) is 18.6 Å². The standard InChI is InChI=1S/C15H19ClN2O3/c1-15(7-3-2-4-8-15)18-14(21)17-12-6-5-10(16)9-11(12)13(19)20/h5-6,9H,2-4,7-8H2,1H3,(H,19,20)(H2,17,18,21). The van der Waals surface area contributed by atoms with Crippen molar-refractivity contribution in [3.8, 4) is 0 Å². The first-order valence-corrected chi connectivity index (χ1v) is 7.39. The second-order valence-corrected chi connectivity index (χ2v) is 6.13. The van der Waals surface area contributed by atoms with Gasteiger partial charge in [-0.1, -0.05) is 30.9 Å². The number of hydrogen-bond donors (Lipinski definition) is 3. The molecule has 0 atom stereocenters. The van der Waals surface area contributed by atoms with E-state index >= 15 is 0 Å². The highest BCUT2D eigenvalue weighted by atomic mass is 35.5. The van der Waals surface area contributed by atoms with Crippen LogP contribution in [0.4, 0.5) is 10.5 Å². The molecule has 0 aromatic heterocycles. The van der Waals surface area contributed by atoms with E-state index in [0.717, 1.165) is 25.7 Å². The fourth-order valence-electron chi connectivity index (χ4n) is 2.69. The SMILES string of the molecule is CC1(NC(=O)Nc2ccc(Cl)cc2C(=O)O)CCCCC1. The Bertz CT molecular complexity index is 554. The molecule has 1 aromatic carbocycles. The van der Waals surface area contributed by atoms with Gasteiger partial charge in [0.05, 0.1) is 11.3 Å². The number of rotatable bonds is 3. The number of anilines is 1. The van der Waals surface area contributed by atoms with Crippen molar-refractivity contribution >= 4 is 29.3 Å². The average Bonchev–Trinajstić information content (AvgIpc) is 2.40. The van der Waals surface area contributed by atoms with Gasteiger partial charge in [0.1, 0.15) is 0 Å². The van der Waals surface area contributed by atoms with Crippen LogP contribution in [0, 0.1) is 0 Å². The summed E-state index contributed by atoms with van der Waals surface area (Å²) in [5, 5.41) is 15.0. The molecule has 0 radical (unpaired) electrons. The quantitative estimate of drug-likeness (QED) is 0.792. The highest BCUT2D eigenvalue weighted by molar-refractivity contribution is 6.31.